The summed E-state index contributed by atoms with van der Waals surface area (Å²) in [5.41, 5.74) is 3.50. The number of rotatable bonds is 8. The van der Waals surface area contributed by atoms with Crippen LogP contribution >= 0.6 is 0 Å². The first-order valence-electron chi connectivity index (χ1n) is 10.9. The lowest BCUT2D eigenvalue weighted by Gasteiger charge is -2.23. The zero-order valence-corrected chi connectivity index (χ0v) is 20.5. The highest BCUT2D eigenvalue weighted by atomic mass is 32.2. The minimum Gasteiger partial charge on any atom is -0.350 e. The molecule has 8 heteroatoms. The highest BCUT2D eigenvalue weighted by Gasteiger charge is 2.19. The van der Waals surface area contributed by atoms with E-state index in [2.05, 4.69) is 10.6 Å². The van der Waals surface area contributed by atoms with Crippen LogP contribution in [-0.4, -0.2) is 32.5 Å². The van der Waals surface area contributed by atoms with Crippen molar-refractivity contribution >= 4 is 33.2 Å². The SMILES string of the molecule is Cc1ccc(CN(c2ccc(C(=O)Nc3ccccc3C(=O)NC(C)C)cc2)S(C)(=O)=O)cc1. The summed E-state index contributed by atoms with van der Waals surface area (Å²) < 4.78 is 26.2. The van der Waals surface area contributed by atoms with Crippen LogP contribution in [-0.2, 0) is 16.6 Å². The average Bonchev–Trinajstić information content (AvgIpc) is 2.78. The molecular weight excluding hydrogens is 450 g/mol. The predicted molar refractivity (Wildman–Crippen MR) is 136 cm³/mol. The molecule has 0 unspecified atom stereocenters. The monoisotopic (exact) mass is 479 g/mol. The van der Waals surface area contributed by atoms with Gasteiger partial charge in [0.1, 0.15) is 0 Å². The van der Waals surface area contributed by atoms with Gasteiger partial charge in [-0.05, 0) is 62.7 Å². The van der Waals surface area contributed by atoms with E-state index in [1.54, 1.807) is 48.5 Å². The highest BCUT2D eigenvalue weighted by Crippen LogP contribution is 2.23. The average molecular weight is 480 g/mol. The number of carbonyl (C=O) groups excluding carboxylic acids is 2. The number of carbonyl (C=O) groups is 2. The largest absolute Gasteiger partial charge is 0.350 e. The summed E-state index contributed by atoms with van der Waals surface area (Å²) in [6, 6.07) is 20.7. The van der Waals surface area contributed by atoms with E-state index in [1.807, 2.05) is 45.0 Å². The molecule has 0 saturated heterocycles. The molecule has 3 rings (SSSR count). The number of benzene rings is 3. The van der Waals surface area contributed by atoms with Crippen LogP contribution in [0.4, 0.5) is 11.4 Å². The topological polar surface area (TPSA) is 95.6 Å². The zero-order chi connectivity index (χ0) is 24.9. The van der Waals surface area contributed by atoms with Crippen molar-refractivity contribution < 1.29 is 18.0 Å². The summed E-state index contributed by atoms with van der Waals surface area (Å²) >= 11 is 0. The van der Waals surface area contributed by atoms with Crippen molar-refractivity contribution in [1.29, 1.82) is 0 Å². The van der Waals surface area contributed by atoms with Crippen molar-refractivity contribution in [2.75, 3.05) is 15.9 Å². The minimum atomic E-state index is -3.54. The second-order valence-corrected chi connectivity index (χ2v) is 10.3. The number of hydrogen-bond acceptors (Lipinski definition) is 4. The highest BCUT2D eigenvalue weighted by molar-refractivity contribution is 7.92. The van der Waals surface area contributed by atoms with Crippen LogP contribution in [0, 0.1) is 6.92 Å². The number of nitrogens with one attached hydrogen (secondary N) is 2. The van der Waals surface area contributed by atoms with Crippen molar-refractivity contribution in [3.63, 3.8) is 0 Å². The van der Waals surface area contributed by atoms with Crippen molar-refractivity contribution in [2.45, 2.75) is 33.4 Å². The summed E-state index contributed by atoms with van der Waals surface area (Å²) in [6.07, 6.45) is 1.15. The summed E-state index contributed by atoms with van der Waals surface area (Å²) in [5.74, 6) is -0.679. The molecule has 178 valence electrons. The lowest BCUT2D eigenvalue weighted by atomic mass is 10.1. The molecule has 0 aliphatic heterocycles. The Bertz CT molecular complexity index is 1270. The van der Waals surface area contributed by atoms with E-state index in [1.165, 1.54) is 4.31 Å². The molecule has 0 aliphatic rings. The number of hydrogen-bond donors (Lipinski definition) is 2. The third kappa shape index (κ3) is 6.45. The van der Waals surface area contributed by atoms with E-state index in [-0.39, 0.29) is 18.5 Å². The Morgan fingerprint density at radius 2 is 1.50 bits per heavy atom. The van der Waals surface area contributed by atoms with Crippen molar-refractivity contribution in [3.8, 4) is 0 Å². The molecule has 0 aliphatic carbocycles. The molecule has 0 radical (unpaired) electrons. The van der Waals surface area contributed by atoms with Gasteiger partial charge in [0.15, 0.2) is 0 Å². The molecule has 2 amide bonds. The lowest BCUT2D eigenvalue weighted by molar-refractivity contribution is 0.0944. The summed E-state index contributed by atoms with van der Waals surface area (Å²) in [6.45, 7) is 5.87. The van der Waals surface area contributed by atoms with Crippen molar-refractivity contribution in [2.24, 2.45) is 0 Å². The second-order valence-electron chi connectivity index (χ2n) is 8.43. The van der Waals surface area contributed by atoms with Crippen LogP contribution in [0.2, 0.25) is 0 Å². The number of para-hydroxylation sites is 1. The normalized spacial score (nSPS) is 11.2. The van der Waals surface area contributed by atoms with Gasteiger partial charge in [-0.2, -0.15) is 0 Å². The van der Waals surface area contributed by atoms with Crippen LogP contribution < -0.4 is 14.9 Å². The number of amides is 2. The number of nitrogens with zero attached hydrogens (tertiary/aromatic N) is 1. The number of sulfonamides is 1. The van der Waals surface area contributed by atoms with Crippen LogP contribution in [0.15, 0.2) is 72.8 Å². The van der Waals surface area contributed by atoms with E-state index in [4.69, 9.17) is 0 Å². The zero-order valence-electron chi connectivity index (χ0n) is 19.7. The van der Waals surface area contributed by atoms with Gasteiger partial charge in [0.25, 0.3) is 11.8 Å². The molecule has 0 spiro atoms. The van der Waals surface area contributed by atoms with Gasteiger partial charge in [-0.25, -0.2) is 8.42 Å². The first-order valence-corrected chi connectivity index (χ1v) is 12.7. The smallest absolute Gasteiger partial charge is 0.255 e. The van der Waals surface area contributed by atoms with Crippen LogP contribution in [0.5, 0.6) is 0 Å². The van der Waals surface area contributed by atoms with Gasteiger partial charge in [0.05, 0.1) is 29.7 Å². The molecule has 0 atom stereocenters. The minimum absolute atomic E-state index is 0.0403. The van der Waals surface area contributed by atoms with Crippen molar-refractivity contribution in [3.05, 3.63) is 95.1 Å². The lowest BCUT2D eigenvalue weighted by Crippen LogP contribution is -2.31. The molecule has 0 heterocycles. The van der Waals surface area contributed by atoms with Gasteiger partial charge in [-0.1, -0.05) is 42.0 Å². The summed E-state index contributed by atoms with van der Waals surface area (Å²) in [4.78, 5) is 25.3. The fourth-order valence-electron chi connectivity index (χ4n) is 3.36. The van der Waals surface area contributed by atoms with Gasteiger partial charge in [-0.15, -0.1) is 0 Å². The first-order chi connectivity index (χ1) is 16.0. The molecule has 2 N–H and O–H groups in total. The van der Waals surface area contributed by atoms with Gasteiger partial charge in [0, 0.05) is 11.6 Å². The molecular formula is C26H29N3O4S. The van der Waals surface area contributed by atoms with Gasteiger partial charge < -0.3 is 10.6 Å². The predicted octanol–water partition coefficient (Wildman–Crippen LogP) is 4.35. The van der Waals surface area contributed by atoms with Crippen molar-refractivity contribution in [1.82, 2.24) is 5.32 Å². The Kier molecular flexibility index (Phi) is 7.73. The van der Waals surface area contributed by atoms with E-state index < -0.39 is 15.9 Å². The van der Waals surface area contributed by atoms with Gasteiger partial charge in [0.2, 0.25) is 10.0 Å². The summed E-state index contributed by atoms with van der Waals surface area (Å²) in [7, 11) is -3.54. The van der Waals surface area contributed by atoms with Gasteiger partial charge in [-0.3, -0.25) is 13.9 Å². The quantitative estimate of drug-likeness (QED) is 0.502. The van der Waals surface area contributed by atoms with E-state index in [9.17, 15) is 18.0 Å². The Labute approximate surface area is 200 Å². The fourth-order valence-corrected chi connectivity index (χ4v) is 4.25. The Hall–Kier alpha value is -3.65. The third-order valence-electron chi connectivity index (χ3n) is 5.10. The van der Waals surface area contributed by atoms with E-state index in [0.29, 0.717) is 22.5 Å². The molecule has 0 bridgehead atoms. The molecule has 0 fully saturated rings. The molecule has 0 saturated carbocycles. The van der Waals surface area contributed by atoms with E-state index in [0.717, 1.165) is 17.4 Å². The molecule has 3 aromatic rings. The first kappa shape index (κ1) is 25.0. The Balaban J connectivity index is 1.80. The third-order valence-corrected chi connectivity index (χ3v) is 6.24. The molecule has 3 aromatic carbocycles. The Morgan fingerprint density at radius 1 is 0.882 bits per heavy atom. The molecule has 0 aromatic heterocycles. The van der Waals surface area contributed by atoms with Crippen LogP contribution in [0.3, 0.4) is 0 Å². The van der Waals surface area contributed by atoms with E-state index >= 15 is 0 Å². The van der Waals surface area contributed by atoms with Gasteiger partial charge >= 0.3 is 0 Å². The standard InChI is InChI=1S/C26H29N3O4S/c1-18(2)27-26(31)23-7-5-6-8-24(23)28-25(30)21-13-15-22(16-14-21)29(34(4,32)33)17-20-11-9-19(3)10-12-20/h5-16,18H,17H2,1-4H3,(H,27,31)(H,28,30). The number of anilines is 2. The maximum absolute atomic E-state index is 12.8. The fraction of sp³-hybridized carbons (Fsp3) is 0.231. The Morgan fingerprint density at radius 3 is 2.09 bits per heavy atom. The van der Waals surface area contributed by atoms with Crippen LogP contribution in [0.1, 0.15) is 45.7 Å². The summed E-state index contributed by atoms with van der Waals surface area (Å²) in [5, 5.41) is 5.59. The molecule has 7 nitrogen and oxygen atoms in total. The molecule has 34 heavy (non-hydrogen) atoms. The van der Waals surface area contributed by atoms with Crippen LogP contribution in [0.25, 0.3) is 0 Å². The maximum Gasteiger partial charge on any atom is 0.255 e. The number of aryl methyl sites for hydroxylation is 1. The second kappa shape index (κ2) is 10.5. The maximum atomic E-state index is 12.8.